The van der Waals surface area contributed by atoms with Gasteiger partial charge in [-0.25, -0.2) is 4.79 Å². The lowest BCUT2D eigenvalue weighted by atomic mass is 10.3. The van der Waals surface area contributed by atoms with Crippen molar-refractivity contribution < 1.29 is 19.2 Å². The van der Waals surface area contributed by atoms with E-state index in [-0.39, 0.29) is 11.6 Å². The van der Waals surface area contributed by atoms with E-state index in [0.29, 0.717) is 18.8 Å². The van der Waals surface area contributed by atoms with E-state index in [1.165, 1.54) is 6.07 Å². The minimum atomic E-state index is -1.11. The molecule has 1 aromatic heterocycles. The van der Waals surface area contributed by atoms with Gasteiger partial charge in [0, 0.05) is 26.2 Å². The maximum atomic E-state index is 11.7. The van der Waals surface area contributed by atoms with Crippen molar-refractivity contribution in [2.45, 2.75) is 13.0 Å². The van der Waals surface area contributed by atoms with Gasteiger partial charge in [0.15, 0.2) is 11.5 Å². The summed E-state index contributed by atoms with van der Waals surface area (Å²) >= 11 is 0. The Labute approximate surface area is 104 Å². The number of carbonyl (C=O) groups is 2. The highest BCUT2D eigenvalue weighted by Gasteiger charge is 2.20. The highest BCUT2D eigenvalue weighted by molar-refractivity contribution is 5.85. The number of amides is 1. The first-order valence-corrected chi connectivity index (χ1v) is 5.71. The number of hydrogen-bond acceptors (Lipinski definition) is 5. The predicted octanol–water partition coefficient (Wildman–Crippen LogP) is 0.0369. The third kappa shape index (κ3) is 2.86. The summed E-state index contributed by atoms with van der Waals surface area (Å²) in [6, 6.07) is 1.39. The summed E-state index contributed by atoms with van der Waals surface area (Å²) in [4.78, 5) is 26.0. The van der Waals surface area contributed by atoms with E-state index in [1.54, 1.807) is 11.9 Å². The van der Waals surface area contributed by atoms with E-state index in [9.17, 15) is 9.59 Å². The summed E-state index contributed by atoms with van der Waals surface area (Å²) in [5, 5.41) is 12.2. The average molecular weight is 253 g/mol. The van der Waals surface area contributed by atoms with E-state index in [1.807, 2.05) is 4.90 Å². The van der Waals surface area contributed by atoms with Crippen molar-refractivity contribution in [3.8, 4) is 0 Å². The number of likely N-dealkylation sites (N-methyl/N-ethyl adjacent to an activating group) is 1. The monoisotopic (exact) mass is 253 g/mol. The van der Waals surface area contributed by atoms with Crippen LogP contribution in [0.25, 0.3) is 0 Å². The van der Waals surface area contributed by atoms with Gasteiger partial charge in [0.05, 0.1) is 13.1 Å². The Hall–Kier alpha value is -1.89. The van der Waals surface area contributed by atoms with Crippen LogP contribution in [0.15, 0.2) is 10.6 Å². The summed E-state index contributed by atoms with van der Waals surface area (Å²) in [7, 11) is 1.78. The maximum absolute atomic E-state index is 11.7. The molecule has 7 heteroatoms. The van der Waals surface area contributed by atoms with Crippen LogP contribution in [0.3, 0.4) is 0 Å². The van der Waals surface area contributed by atoms with E-state index in [2.05, 4.69) is 5.16 Å². The number of hydrogen-bond donors (Lipinski definition) is 1. The standard InChI is InChI=1S/C11H15N3O4/c1-13-3-2-4-14(7-10(13)15)6-8-5-9(11(16)17)12-18-8/h5H,2-4,6-7H2,1H3,(H,16,17). The lowest BCUT2D eigenvalue weighted by Gasteiger charge is -2.17. The fourth-order valence-electron chi connectivity index (χ4n) is 1.89. The number of aromatic nitrogens is 1. The second kappa shape index (κ2) is 5.18. The van der Waals surface area contributed by atoms with Gasteiger partial charge in [0.2, 0.25) is 5.91 Å². The number of carboxylic acid groups (broad SMARTS) is 1. The Bertz CT molecular complexity index is 457. The Morgan fingerprint density at radius 2 is 2.33 bits per heavy atom. The fraction of sp³-hybridized carbons (Fsp3) is 0.545. The molecule has 2 rings (SSSR count). The molecule has 1 fully saturated rings. The first kappa shape index (κ1) is 12.6. The highest BCUT2D eigenvalue weighted by Crippen LogP contribution is 2.10. The van der Waals surface area contributed by atoms with Gasteiger partial charge in [-0.1, -0.05) is 5.16 Å². The molecule has 0 spiro atoms. The molecular weight excluding hydrogens is 238 g/mol. The first-order chi connectivity index (χ1) is 8.56. The van der Waals surface area contributed by atoms with Crippen LogP contribution >= 0.6 is 0 Å². The minimum Gasteiger partial charge on any atom is -0.476 e. The van der Waals surface area contributed by atoms with Crippen molar-refractivity contribution >= 4 is 11.9 Å². The van der Waals surface area contributed by atoms with Crippen LogP contribution in [0.1, 0.15) is 22.7 Å². The smallest absolute Gasteiger partial charge is 0.358 e. The van der Waals surface area contributed by atoms with Gasteiger partial charge in [-0.05, 0) is 6.42 Å². The van der Waals surface area contributed by atoms with Crippen molar-refractivity contribution in [1.82, 2.24) is 15.0 Å². The van der Waals surface area contributed by atoms with Gasteiger partial charge in [-0.3, -0.25) is 9.69 Å². The lowest BCUT2D eigenvalue weighted by molar-refractivity contribution is -0.130. The molecular formula is C11H15N3O4. The summed E-state index contributed by atoms with van der Waals surface area (Å²) in [5.74, 6) is -0.591. The Kier molecular flexibility index (Phi) is 3.61. The summed E-state index contributed by atoms with van der Waals surface area (Å²) in [5.41, 5.74) is -0.108. The lowest BCUT2D eigenvalue weighted by Crippen LogP contribution is -2.33. The van der Waals surface area contributed by atoms with Crippen LogP contribution in [0.4, 0.5) is 0 Å². The molecule has 1 aliphatic rings. The minimum absolute atomic E-state index is 0.0606. The van der Waals surface area contributed by atoms with E-state index < -0.39 is 5.97 Å². The number of carbonyl (C=O) groups excluding carboxylic acids is 1. The molecule has 0 radical (unpaired) electrons. The van der Waals surface area contributed by atoms with Crippen molar-refractivity contribution in [2.24, 2.45) is 0 Å². The van der Waals surface area contributed by atoms with E-state index in [4.69, 9.17) is 9.63 Å². The third-order valence-electron chi connectivity index (χ3n) is 2.91. The van der Waals surface area contributed by atoms with Gasteiger partial charge in [-0.2, -0.15) is 0 Å². The molecule has 1 aromatic rings. The molecule has 0 atom stereocenters. The van der Waals surface area contributed by atoms with Crippen LogP contribution in [-0.4, -0.2) is 58.6 Å². The van der Waals surface area contributed by atoms with Crippen LogP contribution < -0.4 is 0 Å². The van der Waals surface area contributed by atoms with Gasteiger partial charge in [0.25, 0.3) is 0 Å². The molecule has 18 heavy (non-hydrogen) atoms. The van der Waals surface area contributed by atoms with Crippen molar-refractivity contribution in [3.63, 3.8) is 0 Å². The number of rotatable bonds is 3. The molecule has 0 saturated carbocycles. The second-order valence-corrected chi connectivity index (χ2v) is 4.36. The SMILES string of the molecule is CN1CCCN(Cc2cc(C(=O)O)no2)CC1=O. The van der Waals surface area contributed by atoms with Crippen LogP contribution in [0, 0.1) is 0 Å². The largest absolute Gasteiger partial charge is 0.476 e. The molecule has 1 amide bonds. The topological polar surface area (TPSA) is 86.9 Å². The van der Waals surface area contributed by atoms with Gasteiger partial charge < -0.3 is 14.5 Å². The zero-order valence-electron chi connectivity index (χ0n) is 10.1. The molecule has 1 aliphatic heterocycles. The Morgan fingerprint density at radius 1 is 1.56 bits per heavy atom. The van der Waals surface area contributed by atoms with Gasteiger partial charge >= 0.3 is 5.97 Å². The molecule has 0 aliphatic carbocycles. The highest BCUT2D eigenvalue weighted by atomic mass is 16.5. The van der Waals surface area contributed by atoms with Crippen molar-refractivity contribution in [3.05, 3.63) is 17.5 Å². The van der Waals surface area contributed by atoms with Crippen molar-refractivity contribution in [2.75, 3.05) is 26.7 Å². The fourth-order valence-corrected chi connectivity index (χ4v) is 1.89. The van der Waals surface area contributed by atoms with Crippen LogP contribution in [0.5, 0.6) is 0 Å². The quantitative estimate of drug-likeness (QED) is 0.818. The molecule has 0 unspecified atom stereocenters. The number of nitrogens with zero attached hydrogens (tertiary/aromatic N) is 3. The molecule has 1 saturated heterocycles. The zero-order chi connectivity index (χ0) is 13.1. The summed E-state index contributed by atoms with van der Waals surface area (Å²) in [6.07, 6.45) is 0.891. The molecule has 0 bridgehead atoms. The van der Waals surface area contributed by atoms with Crippen molar-refractivity contribution in [1.29, 1.82) is 0 Å². The summed E-state index contributed by atoms with van der Waals surface area (Å²) < 4.78 is 4.93. The Balaban J connectivity index is 1.99. The maximum Gasteiger partial charge on any atom is 0.358 e. The molecule has 98 valence electrons. The number of carboxylic acids is 1. The van der Waals surface area contributed by atoms with Gasteiger partial charge in [-0.15, -0.1) is 0 Å². The van der Waals surface area contributed by atoms with E-state index >= 15 is 0 Å². The second-order valence-electron chi connectivity index (χ2n) is 4.36. The molecule has 7 nitrogen and oxygen atoms in total. The normalized spacial score (nSPS) is 17.8. The zero-order valence-corrected chi connectivity index (χ0v) is 10.1. The average Bonchev–Trinajstić information content (AvgIpc) is 2.71. The third-order valence-corrected chi connectivity index (χ3v) is 2.91. The number of aromatic carboxylic acids is 1. The van der Waals surface area contributed by atoms with Crippen LogP contribution in [0.2, 0.25) is 0 Å². The van der Waals surface area contributed by atoms with Crippen LogP contribution in [-0.2, 0) is 11.3 Å². The van der Waals surface area contributed by atoms with E-state index in [0.717, 1.165) is 19.5 Å². The molecule has 0 aromatic carbocycles. The first-order valence-electron chi connectivity index (χ1n) is 5.71. The molecule has 1 N–H and O–H groups in total. The summed E-state index contributed by atoms with van der Waals surface area (Å²) in [6.45, 7) is 2.24. The van der Waals surface area contributed by atoms with Gasteiger partial charge in [0.1, 0.15) is 0 Å². The Morgan fingerprint density at radius 3 is 3.00 bits per heavy atom. The molecule has 2 heterocycles. The predicted molar refractivity (Wildman–Crippen MR) is 61.0 cm³/mol.